The van der Waals surface area contributed by atoms with Gasteiger partial charge in [0.05, 0.1) is 0 Å². The summed E-state index contributed by atoms with van der Waals surface area (Å²) in [5.41, 5.74) is 0.147. The number of hydrogen-bond donors (Lipinski definition) is 0. The average molecular weight is 177 g/mol. The number of azo groups is 1. The van der Waals surface area contributed by atoms with Crippen LogP contribution in [0.5, 0.6) is 0 Å². The predicted octanol–water partition coefficient (Wildman–Crippen LogP) is 2.54. The van der Waals surface area contributed by atoms with E-state index in [9.17, 15) is 0 Å². The SMILES string of the molecule is CC(C)(C)C1N=NC2C=CC=CN21. The molecule has 0 amide bonds. The van der Waals surface area contributed by atoms with Crippen LogP contribution in [-0.4, -0.2) is 17.2 Å². The van der Waals surface area contributed by atoms with Crippen molar-refractivity contribution in [2.75, 3.05) is 0 Å². The lowest BCUT2D eigenvalue weighted by atomic mass is 9.91. The van der Waals surface area contributed by atoms with Gasteiger partial charge in [-0.2, -0.15) is 10.2 Å². The molecule has 13 heavy (non-hydrogen) atoms. The molecule has 0 fully saturated rings. The molecule has 0 aromatic rings. The molecule has 2 heterocycles. The van der Waals surface area contributed by atoms with Gasteiger partial charge in [0.1, 0.15) is 6.17 Å². The fraction of sp³-hybridized carbons (Fsp3) is 0.600. The zero-order chi connectivity index (χ0) is 9.47. The molecule has 70 valence electrons. The molecule has 0 bridgehead atoms. The third-order valence-corrected chi connectivity index (χ3v) is 2.31. The van der Waals surface area contributed by atoms with Crippen LogP contribution < -0.4 is 0 Å². The maximum atomic E-state index is 4.30. The van der Waals surface area contributed by atoms with Gasteiger partial charge in [-0.3, -0.25) is 0 Å². The Balaban J connectivity index is 2.23. The van der Waals surface area contributed by atoms with Crippen molar-refractivity contribution in [3.05, 3.63) is 24.4 Å². The number of allylic oxidation sites excluding steroid dienone is 2. The monoisotopic (exact) mass is 177 g/mol. The van der Waals surface area contributed by atoms with Crippen LogP contribution >= 0.6 is 0 Å². The second-order valence-corrected chi connectivity index (χ2v) is 4.56. The highest BCUT2D eigenvalue weighted by molar-refractivity contribution is 5.15. The standard InChI is InChI=1S/C10H15N3/c1-10(2,3)9-12-11-8-6-4-5-7-13(8)9/h4-9H,1-3H3. The van der Waals surface area contributed by atoms with Crippen LogP contribution in [0.1, 0.15) is 20.8 Å². The quantitative estimate of drug-likeness (QED) is 0.558. The Hall–Kier alpha value is -1.12. The van der Waals surface area contributed by atoms with E-state index in [0.29, 0.717) is 0 Å². The van der Waals surface area contributed by atoms with E-state index in [1.807, 2.05) is 12.2 Å². The van der Waals surface area contributed by atoms with Crippen molar-refractivity contribution in [3.8, 4) is 0 Å². The first kappa shape index (κ1) is 8.48. The summed E-state index contributed by atoms with van der Waals surface area (Å²) in [6.45, 7) is 6.56. The van der Waals surface area contributed by atoms with E-state index in [1.165, 1.54) is 0 Å². The highest BCUT2D eigenvalue weighted by Gasteiger charge is 2.36. The Bertz CT molecular complexity index is 283. The molecule has 2 atom stereocenters. The minimum atomic E-state index is 0.134. The first-order chi connectivity index (χ1) is 6.09. The smallest absolute Gasteiger partial charge is 0.162 e. The van der Waals surface area contributed by atoms with Gasteiger partial charge in [0, 0.05) is 11.6 Å². The van der Waals surface area contributed by atoms with Crippen LogP contribution in [0.3, 0.4) is 0 Å². The van der Waals surface area contributed by atoms with Crippen molar-refractivity contribution >= 4 is 0 Å². The largest absolute Gasteiger partial charge is 0.327 e. The summed E-state index contributed by atoms with van der Waals surface area (Å²) in [6.07, 6.45) is 8.50. The van der Waals surface area contributed by atoms with Crippen LogP contribution in [0.2, 0.25) is 0 Å². The Kier molecular flexibility index (Phi) is 1.75. The third kappa shape index (κ3) is 1.39. The van der Waals surface area contributed by atoms with E-state index in [1.54, 1.807) is 0 Å². The van der Waals surface area contributed by atoms with Crippen LogP contribution in [0.25, 0.3) is 0 Å². The van der Waals surface area contributed by atoms with E-state index >= 15 is 0 Å². The summed E-state index contributed by atoms with van der Waals surface area (Å²) in [5.74, 6) is 0. The van der Waals surface area contributed by atoms with Gasteiger partial charge in [-0.25, -0.2) is 0 Å². The normalized spacial score (nSPS) is 31.2. The van der Waals surface area contributed by atoms with Crippen molar-refractivity contribution in [2.24, 2.45) is 15.6 Å². The van der Waals surface area contributed by atoms with Crippen LogP contribution in [0, 0.1) is 5.41 Å². The van der Waals surface area contributed by atoms with Gasteiger partial charge in [0.25, 0.3) is 0 Å². The number of nitrogens with zero attached hydrogens (tertiary/aromatic N) is 3. The molecule has 0 aliphatic carbocycles. The summed E-state index contributed by atoms with van der Waals surface area (Å²) in [5, 5.41) is 8.52. The first-order valence-corrected chi connectivity index (χ1v) is 4.61. The zero-order valence-electron chi connectivity index (χ0n) is 8.31. The van der Waals surface area contributed by atoms with E-state index in [2.05, 4.69) is 48.2 Å². The van der Waals surface area contributed by atoms with Crippen molar-refractivity contribution in [3.63, 3.8) is 0 Å². The van der Waals surface area contributed by atoms with Crippen LogP contribution in [-0.2, 0) is 0 Å². The summed E-state index contributed by atoms with van der Waals surface area (Å²) < 4.78 is 0. The molecule has 2 rings (SSSR count). The topological polar surface area (TPSA) is 28.0 Å². The molecule has 2 unspecified atom stereocenters. The van der Waals surface area contributed by atoms with E-state index in [-0.39, 0.29) is 17.7 Å². The first-order valence-electron chi connectivity index (χ1n) is 4.61. The van der Waals surface area contributed by atoms with Gasteiger partial charge in [0.2, 0.25) is 0 Å². The molecule has 0 saturated heterocycles. The van der Waals surface area contributed by atoms with Gasteiger partial charge in [-0.1, -0.05) is 26.8 Å². The van der Waals surface area contributed by atoms with Crippen molar-refractivity contribution in [1.82, 2.24) is 4.90 Å². The molecule has 0 saturated carbocycles. The molecule has 0 spiro atoms. The molecule has 0 aromatic heterocycles. The van der Waals surface area contributed by atoms with Crippen molar-refractivity contribution in [2.45, 2.75) is 33.1 Å². The summed E-state index contributed by atoms with van der Waals surface area (Å²) in [6, 6.07) is 0. The molecule has 3 nitrogen and oxygen atoms in total. The maximum Gasteiger partial charge on any atom is 0.162 e. The minimum absolute atomic E-state index is 0.134. The lowest BCUT2D eigenvalue weighted by Gasteiger charge is -2.33. The fourth-order valence-corrected chi connectivity index (χ4v) is 1.64. The van der Waals surface area contributed by atoms with E-state index < -0.39 is 0 Å². The minimum Gasteiger partial charge on any atom is -0.327 e. The number of fused-ring (bicyclic) bond motifs is 1. The van der Waals surface area contributed by atoms with Gasteiger partial charge >= 0.3 is 0 Å². The molecule has 0 radical (unpaired) electrons. The summed E-state index contributed by atoms with van der Waals surface area (Å²) >= 11 is 0. The molecule has 3 heteroatoms. The molecule has 0 N–H and O–H groups in total. The Morgan fingerprint density at radius 1 is 1.15 bits per heavy atom. The molecular weight excluding hydrogens is 162 g/mol. The zero-order valence-corrected chi connectivity index (χ0v) is 8.31. The van der Waals surface area contributed by atoms with Gasteiger partial charge < -0.3 is 4.90 Å². The number of hydrogen-bond acceptors (Lipinski definition) is 3. The van der Waals surface area contributed by atoms with Crippen molar-refractivity contribution < 1.29 is 0 Å². The predicted molar refractivity (Wildman–Crippen MR) is 52.0 cm³/mol. The summed E-state index contributed by atoms with van der Waals surface area (Å²) in [4.78, 5) is 2.19. The maximum absolute atomic E-state index is 4.30. The Morgan fingerprint density at radius 2 is 1.92 bits per heavy atom. The lowest BCUT2D eigenvalue weighted by molar-refractivity contribution is 0.164. The van der Waals surface area contributed by atoms with Crippen LogP contribution in [0.15, 0.2) is 34.7 Å². The van der Waals surface area contributed by atoms with Gasteiger partial charge in [-0.15, -0.1) is 0 Å². The number of rotatable bonds is 0. The Morgan fingerprint density at radius 3 is 2.62 bits per heavy atom. The lowest BCUT2D eigenvalue weighted by Crippen LogP contribution is -2.40. The summed E-state index contributed by atoms with van der Waals surface area (Å²) in [7, 11) is 0. The highest BCUT2D eigenvalue weighted by Crippen LogP contribution is 2.33. The van der Waals surface area contributed by atoms with Gasteiger partial charge in [-0.05, 0) is 12.2 Å². The fourth-order valence-electron chi connectivity index (χ4n) is 1.64. The molecule has 0 aromatic carbocycles. The molecule has 2 aliphatic rings. The van der Waals surface area contributed by atoms with Gasteiger partial charge in [0.15, 0.2) is 6.17 Å². The van der Waals surface area contributed by atoms with E-state index in [0.717, 1.165) is 0 Å². The van der Waals surface area contributed by atoms with E-state index in [4.69, 9.17) is 0 Å². The second-order valence-electron chi connectivity index (χ2n) is 4.56. The molecule has 2 aliphatic heterocycles. The third-order valence-electron chi connectivity index (χ3n) is 2.31. The average Bonchev–Trinajstić information content (AvgIpc) is 2.45. The Labute approximate surface area is 78.8 Å². The van der Waals surface area contributed by atoms with Crippen LogP contribution in [0.4, 0.5) is 0 Å². The van der Waals surface area contributed by atoms with Crippen molar-refractivity contribution in [1.29, 1.82) is 0 Å². The highest BCUT2D eigenvalue weighted by atomic mass is 15.5. The molecular formula is C10H15N3. The second kappa shape index (κ2) is 2.69.